The zero-order valence-electron chi connectivity index (χ0n) is 3.76. The summed E-state index contributed by atoms with van der Waals surface area (Å²) in [5.41, 5.74) is 0. The van der Waals surface area contributed by atoms with Gasteiger partial charge in [-0.1, -0.05) is 11.6 Å². The number of nitrogens with zero attached hydrogens (tertiary/aromatic N) is 2. The molecule has 40 valence electrons. The maximum Gasteiger partial charge on any atom is 0.195 e. The van der Waals surface area contributed by atoms with E-state index in [2.05, 4.69) is 4.98 Å². The summed E-state index contributed by atoms with van der Waals surface area (Å²) in [7, 11) is 0. The maximum atomic E-state index is 8.19. The quantitative estimate of drug-likeness (QED) is 0.556. The molecule has 0 aliphatic carbocycles. The SMILES string of the molecule is N#Cc1nc(Cl)cs1. The molecule has 0 saturated heterocycles. The Hall–Kier alpha value is -0.590. The second kappa shape index (κ2) is 2.12. The third-order valence-corrected chi connectivity index (χ3v) is 1.64. The minimum Gasteiger partial charge on any atom is -0.214 e. The molecule has 8 heavy (non-hydrogen) atoms. The Morgan fingerprint density at radius 3 is 2.88 bits per heavy atom. The molecule has 0 N–H and O–H groups in total. The van der Waals surface area contributed by atoms with Crippen molar-refractivity contribution >= 4 is 22.9 Å². The van der Waals surface area contributed by atoms with Gasteiger partial charge in [0.2, 0.25) is 0 Å². The highest BCUT2D eigenvalue weighted by atomic mass is 35.5. The van der Waals surface area contributed by atoms with Crippen LogP contribution < -0.4 is 0 Å². The number of rotatable bonds is 0. The van der Waals surface area contributed by atoms with E-state index >= 15 is 0 Å². The Morgan fingerprint density at radius 1 is 1.88 bits per heavy atom. The standard InChI is InChI=1S/C4HClN2S/c5-3-2-8-4(1-6)7-3/h2H. The molecule has 0 amide bonds. The van der Waals surface area contributed by atoms with Gasteiger partial charge in [0.25, 0.3) is 0 Å². The summed E-state index contributed by atoms with van der Waals surface area (Å²) >= 11 is 6.63. The van der Waals surface area contributed by atoms with Crippen molar-refractivity contribution in [2.45, 2.75) is 0 Å². The fourth-order valence-corrected chi connectivity index (χ4v) is 1.04. The Labute approximate surface area is 55.4 Å². The lowest BCUT2D eigenvalue weighted by molar-refractivity contribution is 1.35. The molecule has 1 aromatic rings. The smallest absolute Gasteiger partial charge is 0.195 e. The summed E-state index contributed by atoms with van der Waals surface area (Å²) < 4.78 is 0. The van der Waals surface area contributed by atoms with Crippen LogP contribution in [-0.4, -0.2) is 4.98 Å². The van der Waals surface area contributed by atoms with Crippen LogP contribution in [0.2, 0.25) is 5.15 Å². The summed E-state index contributed by atoms with van der Waals surface area (Å²) in [6.07, 6.45) is 0. The molecule has 2 nitrogen and oxygen atoms in total. The Balaban J connectivity index is 3.05. The van der Waals surface area contributed by atoms with Gasteiger partial charge in [-0.25, -0.2) is 4.98 Å². The molecule has 0 radical (unpaired) electrons. The summed E-state index contributed by atoms with van der Waals surface area (Å²) in [5.74, 6) is 0. The molecule has 0 aromatic carbocycles. The van der Waals surface area contributed by atoms with E-state index in [1.165, 1.54) is 11.3 Å². The van der Waals surface area contributed by atoms with Crippen LogP contribution in [0.5, 0.6) is 0 Å². The van der Waals surface area contributed by atoms with Crippen LogP contribution in [0, 0.1) is 11.3 Å². The molecule has 1 heterocycles. The second-order valence-electron chi connectivity index (χ2n) is 1.09. The van der Waals surface area contributed by atoms with Crippen LogP contribution in [0.15, 0.2) is 5.38 Å². The van der Waals surface area contributed by atoms with E-state index in [1.54, 1.807) is 5.38 Å². The fraction of sp³-hybridized carbons (Fsp3) is 0. The highest BCUT2D eigenvalue weighted by molar-refractivity contribution is 7.10. The molecule has 0 unspecified atom stereocenters. The lowest BCUT2D eigenvalue weighted by Gasteiger charge is -1.66. The minimum absolute atomic E-state index is 0.395. The average molecular weight is 145 g/mol. The zero-order chi connectivity index (χ0) is 5.98. The van der Waals surface area contributed by atoms with Gasteiger partial charge in [-0.15, -0.1) is 11.3 Å². The van der Waals surface area contributed by atoms with Gasteiger partial charge in [0.05, 0.1) is 0 Å². The van der Waals surface area contributed by atoms with Gasteiger partial charge >= 0.3 is 0 Å². The molecular formula is C4HClN2S. The third-order valence-electron chi connectivity index (χ3n) is 0.572. The topological polar surface area (TPSA) is 36.7 Å². The number of thiazole rings is 1. The molecule has 0 bridgehead atoms. The largest absolute Gasteiger partial charge is 0.214 e. The Morgan fingerprint density at radius 2 is 2.62 bits per heavy atom. The van der Waals surface area contributed by atoms with Crippen molar-refractivity contribution in [3.05, 3.63) is 15.5 Å². The van der Waals surface area contributed by atoms with Crippen LogP contribution in [-0.2, 0) is 0 Å². The van der Waals surface area contributed by atoms with Crippen LogP contribution in [0.4, 0.5) is 0 Å². The first-order valence-electron chi connectivity index (χ1n) is 1.84. The first-order chi connectivity index (χ1) is 3.83. The molecule has 4 heteroatoms. The molecular weight excluding hydrogens is 144 g/mol. The van der Waals surface area contributed by atoms with Gasteiger partial charge in [-0.3, -0.25) is 0 Å². The molecule has 0 aliphatic rings. The van der Waals surface area contributed by atoms with E-state index in [-0.39, 0.29) is 0 Å². The van der Waals surface area contributed by atoms with E-state index in [0.717, 1.165) is 0 Å². The first-order valence-corrected chi connectivity index (χ1v) is 3.10. The van der Waals surface area contributed by atoms with Gasteiger partial charge in [0, 0.05) is 5.38 Å². The third kappa shape index (κ3) is 0.971. The predicted molar refractivity (Wildman–Crippen MR) is 31.8 cm³/mol. The van der Waals surface area contributed by atoms with Crippen molar-refractivity contribution in [1.82, 2.24) is 4.98 Å². The predicted octanol–water partition coefficient (Wildman–Crippen LogP) is 1.67. The molecule has 0 saturated carbocycles. The molecule has 0 spiro atoms. The molecule has 1 rings (SSSR count). The highest BCUT2D eigenvalue weighted by Crippen LogP contribution is 2.11. The van der Waals surface area contributed by atoms with E-state index in [0.29, 0.717) is 10.2 Å². The number of aromatic nitrogens is 1. The lowest BCUT2D eigenvalue weighted by Crippen LogP contribution is -1.64. The van der Waals surface area contributed by atoms with E-state index in [1.807, 2.05) is 6.07 Å². The van der Waals surface area contributed by atoms with Crippen molar-refractivity contribution in [1.29, 1.82) is 5.26 Å². The van der Waals surface area contributed by atoms with E-state index in [9.17, 15) is 0 Å². The molecule has 0 fully saturated rings. The first kappa shape index (κ1) is 5.54. The highest BCUT2D eigenvalue weighted by Gasteiger charge is 1.93. The van der Waals surface area contributed by atoms with Crippen molar-refractivity contribution in [2.75, 3.05) is 0 Å². The van der Waals surface area contributed by atoms with Crippen LogP contribution >= 0.6 is 22.9 Å². The number of hydrogen-bond acceptors (Lipinski definition) is 3. The summed E-state index contributed by atoms with van der Waals surface area (Å²) in [4.78, 5) is 3.65. The Bertz CT molecular complexity index is 224. The van der Waals surface area contributed by atoms with Crippen molar-refractivity contribution in [3.63, 3.8) is 0 Å². The van der Waals surface area contributed by atoms with Crippen molar-refractivity contribution in [2.24, 2.45) is 0 Å². The lowest BCUT2D eigenvalue weighted by atomic mass is 10.8. The maximum absolute atomic E-state index is 8.19. The van der Waals surface area contributed by atoms with Gasteiger partial charge in [-0.05, 0) is 0 Å². The van der Waals surface area contributed by atoms with Gasteiger partial charge < -0.3 is 0 Å². The Kier molecular flexibility index (Phi) is 1.47. The normalized spacial score (nSPS) is 8.50. The molecule has 0 atom stereocenters. The summed E-state index contributed by atoms with van der Waals surface area (Å²) in [6, 6.07) is 1.87. The van der Waals surface area contributed by atoms with Gasteiger partial charge in [0.15, 0.2) is 5.01 Å². The van der Waals surface area contributed by atoms with Crippen molar-refractivity contribution in [3.8, 4) is 6.07 Å². The second-order valence-corrected chi connectivity index (χ2v) is 2.33. The van der Waals surface area contributed by atoms with Crippen LogP contribution in [0.1, 0.15) is 5.01 Å². The fourth-order valence-electron chi connectivity index (χ4n) is 0.306. The van der Waals surface area contributed by atoms with Crippen molar-refractivity contribution < 1.29 is 0 Å². The van der Waals surface area contributed by atoms with E-state index < -0.39 is 0 Å². The van der Waals surface area contributed by atoms with Crippen LogP contribution in [0.3, 0.4) is 0 Å². The van der Waals surface area contributed by atoms with Gasteiger partial charge in [-0.2, -0.15) is 5.26 Å². The van der Waals surface area contributed by atoms with E-state index in [4.69, 9.17) is 16.9 Å². The number of nitriles is 1. The minimum atomic E-state index is 0.395. The molecule has 0 aliphatic heterocycles. The monoisotopic (exact) mass is 144 g/mol. The van der Waals surface area contributed by atoms with Gasteiger partial charge in [0.1, 0.15) is 11.2 Å². The molecule has 1 aromatic heterocycles. The zero-order valence-corrected chi connectivity index (χ0v) is 5.33. The summed E-state index contributed by atoms with van der Waals surface area (Å²) in [6.45, 7) is 0. The van der Waals surface area contributed by atoms with Crippen LogP contribution in [0.25, 0.3) is 0 Å². The average Bonchev–Trinajstić information content (AvgIpc) is 2.14. The number of hydrogen-bond donors (Lipinski definition) is 0. The summed E-state index contributed by atoms with van der Waals surface area (Å²) in [5, 5.41) is 10.6. The number of halogens is 1.